The Morgan fingerprint density at radius 3 is 2.88 bits per heavy atom. The number of allylic oxidation sites excluding steroid dienone is 1. The maximum atomic E-state index is 8.97. The van der Waals surface area contributed by atoms with E-state index in [1.165, 1.54) is 0 Å². The molecule has 1 aliphatic rings. The topological polar surface area (TPSA) is 20.2 Å². The molecule has 0 amide bonds. The highest BCUT2D eigenvalue weighted by molar-refractivity contribution is 9.11. The van der Waals surface area contributed by atoms with Crippen LogP contribution in [0.4, 0.5) is 0 Å². The Labute approximate surface area is 57.5 Å². The van der Waals surface area contributed by atoms with Crippen LogP contribution >= 0.6 is 15.9 Å². The molecule has 0 unspecified atom stereocenters. The van der Waals surface area contributed by atoms with Crippen LogP contribution in [0.25, 0.3) is 0 Å². The third-order valence-corrected chi connectivity index (χ3v) is 1.95. The van der Waals surface area contributed by atoms with E-state index in [2.05, 4.69) is 15.9 Å². The third kappa shape index (κ3) is 1.60. The first-order chi connectivity index (χ1) is 3.79. The van der Waals surface area contributed by atoms with E-state index >= 15 is 0 Å². The summed E-state index contributed by atoms with van der Waals surface area (Å²) in [6.07, 6.45) is 4.80. The van der Waals surface area contributed by atoms with Gasteiger partial charge < -0.3 is 5.11 Å². The molecule has 1 atom stereocenters. The molecule has 0 aromatic rings. The summed E-state index contributed by atoms with van der Waals surface area (Å²) < 4.78 is 1.15. The Kier molecular flexibility index (Phi) is 2.08. The van der Waals surface area contributed by atoms with Crippen molar-refractivity contribution in [1.29, 1.82) is 0 Å². The summed E-state index contributed by atoms with van der Waals surface area (Å²) in [5.74, 6) is 0. The van der Waals surface area contributed by atoms with Crippen LogP contribution in [0.3, 0.4) is 0 Å². The van der Waals surface area contributed by atoms with Crippen molar-refractivity contribution in [3.05, 3.63) is 10.6 Å². The standard InChI is InChI=1S/C6H9BrO/c7-5-2-1-3-6(8)4-5/h4,6,8H,1-3H2/t6-/m1/s1. The van der Waals surface area contributed by atoms with E-state index in [1.807, 2.05) is 6.08 Å². The van der Waals surface area contributed by atoms with Gasteiger partial charge >= 0.3 is 0 Å². The molecule has 1 nitrogen and oxygen atoms in total. The molecule has 0 saturated heterocycles. The Balaban J connectivity index is 2.50. The van der Waals surface area contributed by atoms with Crippen molar-refractivity contribution in [2.75, 3.05) is 0 Å². The molecule has 0 fully saturated rings. The van der Waals surface area contributed by atoms with Crippen molar-refractivity contribution >= 4 is 15.9 Å². The van der Waals surface area contributed by atoms with Gasteiger partial charge in [-0.25, -0.2) is 0 Å². The zero-order valence-electron chi connectivity index (χ0n) is 4.60. The molecule has 2 heteroatoms. The van der Waals surface area contributed by atoms with Crippen molar-refractivity contribution in [3.63, 3.8) is 0 Å². The van der Waals surface area contributed by atoms with Gasteiger partial charge in [0.15, 0.2) is 0 Å². The van der Waals surface area contributed by atoms with Crippen LogP contribution in [-0.2, 0) is 0 Å². The van der Waals surface area contributed by atoms with Gasteiger partial charge in [0.05, 0.1) is 6.10 Å². The Morgan fingerprint density at radius 1 is 1.75 bits per heavy atom. The molecule has 8 heavy (non-hydrogen) atoms. The largest absolute Gasteiger partial charge is 0.389 e. The van der Waals surface area contributed by atoms with E-state index in [0.29, 0.717) is 0 Å². The molecule has 0 spiro atoms. The van der Waals surface area contributed by atoms with Gasteiger partial charge in [0.2, 0.25) is 0 Å². The molecule has 0 radical (unpaired) electrons. The lowest BCUT2D eigenvalue weighted by Gasteiger charge is -2.11. The highest BCUT2D eigenvalue weighted by atomic mass is 79.9. The molecule has 0 heterocycles. The predicted octanol–water partition coefficient (Wildman–Crippen LogP) is 1.81. The molecule has 0 aromatic heterocycles. The van der Waals surface area contributed by atoms with Crippen LogP contribution in [0, 0.1) is 0 Å². The van der Waals surface area contributed by atoms with Crippen molar-refractivity contribution in [2.45, 2.75) is 25.4 Å². The molecule has 0 aliphatic heterocycles. The van der Waals surface area contributed by atoms with Crippen LogP contribution in [0.2, 0.25) is 0 Å². The average Bonchev–Trinajstić information content (AvgIpc) is 1.64. The van der Waals surface area contributed by atoms with E-state index in [-0.39, 0.29) is 6.10 Å². The van der Waals surface area contributed by atoms with Crippen LogP contribution in [0.15, 0.2) is 10.6 Å². The van der Waals surface area contributed by atoms with E-state index < -0.39 is 0 Å². The van der Waals surface area contributed by atoms with Gasteiger partial charge in [-0.2, -0.15) is 0 Å². The molecular formula is C6H9BrO. The number of rotatable bonds is 0. The van der Waals surface area contributed by atoms with Gasteiger partial charge in [-0.3, -0.25) is 0 Å². The third-order valence-electron chi connectivity index (χ3n) is 1.29. The van der Waals surface area contributed by atoms with E-state index in [4.69, 9.17) is 5.11 Å². The normalized spacial score (nSPS) is 29.8. The SMILES string of the molecule is O[C@H]1C=C(Br)CCC1. The minimum Gasteiger partial charge on any atom is -0.389 e. The number of hydrogen-bond acceptors (Lipinski definition) is 1. The first-order valence-electron chi connectivity index (χ1n) is 2.83. The molecular weight excluding hydrogens is 168 g/mol. The highest BCUT2D eigenvalue weighted by Crippen LogP contribution is 2.21. The first-order valence-corrected chi connectivity index (χ1v) is 3.62. The van der Waals surface area contributed by atoms with Crippen molar-refractivity contribution in [2.24, 2.45) is 0 Å². The minimum absolute atomic E-state index is 0.196. The van der Waals surface area contributed by atoms with Crippen molar-refractivity contribution in [1.82, 2.24) is 0 Å². The second kappa shape index (κ2) is 2.65. The summed E-state index contributed by atoms with van der Waals surface area (Å²) in [7, 11) is 0. The lowest BCUT2D eigenvalue weighted by molar-refractivity contribution is 0.204. The number of hydrogen-bond donors (Lipinski definition) is 1. The van der Waals surface area contributed by atoms with Crippen molar-refractivity contribution in [3.8, 4) is 0 Å². The summed E-state index contributed by atoms with van der Waals surface area (Å²) in [4.78, 5) is 0. The van der Waals surface area contributed by atoms with Gasteiger partial charge in [0.25, 0.3) is 0 Å². The molecule has 1 rings (SSSR count). The fraction of sp³-hybridized carbons (Fsp3) is 0.667. The Morgan fingerprint density at radius 2 is 2.50 bits per heavy atom. The van der Waals surface area contributed by atoms with Gasteiger partial charge in [-0.1, -0.05) is 15.9 Å². The average molecular weight is 177 g/mol. The van der Waals surface area contributed by atoms with Crippen LogP contribution in [0.5, 0.6) is 0 Å². The van der Waals surface area contributed by atoms with E-state index in [0.717, 1.165) is 23.7 Å². The van der Waals surface area contributed by atoms with E-state index in [1.54, 1.807) is 0 Å². The number of halogens is 1. The van der Waals surface area contributed by atoms with Crippen LogP contribution in [0.1, 0.15) is 19.3 Å². The lowest BCUT2D eigenvalue weighted by atomic mass is 10.1. The lowest BCUT2D eigenvalue weighted by Crippen LogP contribution is -2.06. The second-order valence-electron chi connectivity index (χ2n) is 2.07. The zero-order chi connectivity index (χ0) is 5.98. The van der Waals surface area contributed by atoms with E-state index in [9.17, 15) is 0 Å². The summed E-state index contributed by atoms with van der Waals surface area (Å²) in [5, 5.41) is 8.97. The van der Waals surface area contributed by atoms with Crippen LogP contribution < -0.4 is 0 Å². The van der Waals surface area contributed by atoms with Crippen molar-refractivity contribution < 1.29 is 5.11 Å². The molecule has 0 aromatic carbocycles. The predicted molar refractivity (Wildman–Crippen MR) is 36.9 cm³/mol. The molecule has 46 valence electrons. The first kappa shape index (κ1) is 6.30. The van der Waals surface area contributed by atoms with Gasteiger partial charge in [-0.15, -0.1) is 0 Å². The number of aliphatic hydroxyl groups excluding tert-OH is 1. The summed E-state index contributed by atoms with van der Waals surface area (Å²) >= 11 is 3.33. The summed E-state index contributed by atoms with van der Waals surface area (Å²) in [5.41, 5.74) is 0. The molecule has 0 bridgehead atoms. The molecule has 0 saturated carbocycles. The highest BCUT2D eigenvalue weighted by Gasteiger charge is 2.07. The Bertz CT molecular complexity index is 109. The molecule has 1 N–H and O–H groups in total. The smallest absolute Gasteiger partial charge is 0.0731 e. The fourth-order valence-corrected chi connectivity index (χ4v) is 1.44. The fourth-order valence-electron chi connectivity index (χ4n) is 0.855. The zero-order valence-corrected chi connectivity index (χ0v) is 6.19. The van der Waals surface area contributed by atoms with Crippen LogP contribution in [-0.4, -0.2) is 11.2 Å². The van der Waals surface area contributed by atoms with Gasteiger partial charge in [-0.05, 0) is 29.8 Å². The maximum Gasteiger partial charge on any atom is 0.0731 e. The van der Waals surface area contributed by atoms with Gasteiger partial charge in [0.1, 0.15) is 0 Å². The maximum absolute atomic E-state index is 8.97. The molecule has 1 aliphatic carbocycles. The summed E-state index contributed by atoms with van der Waals surface area (Å²) in [6, 6.07) is 0. The minimum atomic E-state index is -0.196. The Hall–Kier alpha value is 0.180. The summed E-state index contributed by atoms with van der Waals surface area (Å²) in [6.45, 7) is 0. The second-order valence-corrected chi connectivity index (χ2v) is 3.09. The number of aliphatic hydroxyl groups is 1. The quantitative estimate of drug-likeness (QED) is 0.598. The monoisotopic (exact) mass is 176 g/mol. The van der Waals surface area contributed by atoms with Gasteiger partial charge in [0, 0.05) is 0 Å².